The number of allylic oxidation sites excluding steroid dienone is 18. The molecule has 0 bridgehead atoms. The summed E-state index contributed by atoms with van der Waals surface area (Å²) in [4.78, 5) is 23.1. The topological polar surface area (TPSA) is 91.3 Å². The number of unbranched alkanes of at least 4 members (excludes halogenated alkanes) is 22. The number of rotatable bonds is 54. The van der Waals surface area contributed by atoms with Crippen LogP contribution in [-0.4, -0.2) is 75.6 Å². The number of quaternary nitrogens is 1. The highest BCUT2D eigenvalue weighted by atomic mass is 31.2. The van der Waals surface area contributed by atoms with Crippen molar-refractivity contribution >= 4 is 13.8 Å². The predicted molar refractivity (Wildman–Crippen MR) is 316 cm³/mol. The largest absolute Gasteiger partial charge is 0.472 e. The number of carbonyl (C=O) groups is 1. The lowest BCUT2D eigenvalue weighted by atomic mass is 10.0. The molecule has 8 nitrogen and oxygen atoms in total. The van der Waals surface area contributed by atoms with E-state index in [9.17, 15) is 14.3 Å². The predicted octanol–water partition coefficient (Wildman–Crippen LogP) is 19.1. The average molecular weight is 1040 g/mol. The van der Waals surface area contributed by atoms with Gasteiger partial charge in [0, 0.05) is 13.0 Å². The third-order valence-corrected chi connectivity index (χ3v) is 13.3. The van der Waals surface area contributed by atoms with Gasteiger partial charge in [-0.05, 0) is 103 Å². The van der Waals surface area contributed by atoms with Crippen molar-refractivity contribution in [2.45, 2.75) is 238 Å². The Kier molecular flexibility index (Phi) is 53.2. The van der Waals surface area contributed by atoms with Gasteiger partial charge in [0.25, 0.3) is 0 Å². The van der Waals surface area contributed by atoms with Crippen LogP contribution in [-0.2, 0) is 27.9 Å². The van der Waals surface area contributed by atoms with E-state index in [-0.39, 0.29) is 25.8 Å². The number of ether oxygens (including phenoxy) is 2. The summed E-state index contributed by atoms with van der Waals surface area (Å²) in [5.74, 6) is -0.324. The fourth-order valence-electron chi connectivity index (χ4n) is 7.80. The van der Waals surface area contributed by atoms with Crippen molar-refractivity contribution in [2.24, 2.45) is 0 Å². The van der Waals surface area contributed by atoms with Crippen molar-refractivity contribution in [3.05, 3.63) is 109 Å². The van der Waals surface area contributed by atoms with E-state index in [4.69, 9.17) is 18.5 Å². The first-order valence-electron chi connectivity index (χ1n) is 29.6. The van der Waals surface area contributed by atoms with Crippen LogP contribution in [0.3, 0.4) is 0 Å². The molecule has 0 rings (SSSR count). The number of phosphoric ester groups is 1. The molecule has 0 aliphatic rings. The average Bonchev–Trinajstić information content (AvgIpc) is 3.35. The lowest BCUT2D eigenvalue weighted by Gasteiger charge is -2.24. The molecule has 0 fully saturated rings. The summed E-state index contributed by atoms with van der Waals surface area (Å²) in [6.07, 6.45) is 78.6. The van der Waals surface area contributed by atoms with Gasteiger partial charge in [0.2, 0.25) is 0 Å². The Morgan fingerprint density at radius 3 is 1.19 bits per heavy atom. The first-order valence-corrected chi connectivity index (χ1v) is 31.1. The van der Waals surface area contributed by atoms with E-state index >= 15 is 0 Å². The number of hydrogen-bond donors (Lipinski definition) is 1. The van der Waals surface area contributed by atoms with Gasteiger partial charge in [0.05, 0.1) is 34.4 Å². The Labute approximate surface area is 450 Å². The summed E-state index contributed by atoms with van der Waals surface area (Å²) in [6, 6.07) is 0. The molecule has 0 saturated carbocycles. The number of carbonyl (C=O) groups excluding carboxylic acids is 1. The van der Waals surface area contributed by atoms with Gasteiger partial charge in [-0.2, -0.15) is 0 Å². The van der Waals surface area contributed by atoms with E-state index in [0.717, 1.165) is 96.3 Å². The van der Waals surface area contributed by atoms with E-state index in [1.165, 1.54) is 116 Å². The Hall–Kier alpha value is -2.84. The van der Waals surface area contributed by atoms with Crippen molar-refractivity contribution in [1.82, 2.24) is 0 Å². The Bertz CT molecular complexity index is 1530. The molecule has 0 saturated heterocycles. The van der Waals surface area contributed by atoms with Gasteiger partial charge in [-0.1, -0.05) is 232 Å². The fourth-order valence-corrected chi connectivity index (χ4v) is 8.54. The first-order chi connectivity index (χ1) is 35.6. The normalized spacial score (nSPS) is 14.2. The van der Waals surface area contributed by atoms with Gasteiger partial charge in [0.15, 0.2) is 0 Å². The van der Waals surface area contributed by atoms with E-state index in [0.29, 0.717) is 24.1 Å². The molecule has 0 radical (unpaired) electrons. The van der Waals surface area contributed by atoms with Gasteiger partial charge in [-0.3, -0.25) is 13.8 Å². The summed E-state index contributed by atoms with van der Waals surface area (Å²) in [6.45, 7) is 5.46. The standard InChI is InChI=1S/C64H112NO7P/c1-6-8-10-12-14-16-18-20-22-24-26-28-30-32-34-36-38-40-42-44-46-48-50-52-54-56-59-69-61-63(62-71-73(67,68)70-60-58-65(3,4)5)72-64(66)57-55-53-51-49-47-45-43-41-39-37-35-33-31-29-27-25-23-21-19-17-15-13-11-9-7-2/h8,10,14,16,19-22,25-28,31-34,38,40,63H,6-7,9,11-13,15,17-18,23-24,29-30,35-37,39,41-62H2,1-5H3/p+1/b10-8-,16-14-,21-19-,22-20-,27-25-,28-26-,33-31-,34-32-,40-38-. The molecule has 0 aromatic heterocycles. The molecule has 0 aromatic rings. The SMILES string of the molecule is CC/C=C\C/C=C\C/C=C\C/C=C\C/C=C\C/C=C\CCCCCCCCCOCC(COP(=O)(O)OCC[N+](C)(C)C)OC(=O)CCCCCCCCCCCC/C=C\C/C=C\C/C=C\CCCCCCC. The second-order valence-corrected chi connectivity index (χ2v) is 22.1. The van der Waals surface area contributed by atoms with Crippen LogP contribution in [0.1, 0.15) is 232 Å². The van der Waals surface area contributed by atoms with Crippen LogP contribution in [0, 0.1) is 0 Å². The Morgan fingerprint density at radius 1 is 0.438 bits per heavy atom. The number of likely N-dealkylation sites (N-methyl/N-ethyl adjacent to an activating group) is 1. The zero-order valence-corrected chi connectivity index (χ0v) is 48.7. The molecule has 0 aliphatic carbocycles. The molecule has 0 aromatic carbocycles. The number of nitrogens with zero attached hydrogens (tertiary/aromatic N) is 1. The summed E-state index contributed by atoms with van der Waals surface area (Å²) in [5, 5.41) is 0. The number of hydrogen-bond acceptors (Lipinski definition) is 6. The number of phosphoric acid groups is 1. The van der Waals surface area contributed by atoms with Gasteiger partial charge in [-0.15, -0.1) is 0 Å². The van der Waals surface area contributed by atoms with Crippen molar-refractivity contribution in [1.29, 1.82) is 0 Å². The molecule has 73 heavy (non-hydrogen) atoms. The smallest absolute Gasteiger partial charge is 0.457 e. The van der Waals surface area contributed by atoms with Gasteiger partial charge < -0.3 is 18.9 Å². The van der Waals surface area contributed by atoms with E-state index in [2.05, 4.69) is 123 Å². The van der Waals surface area contributed by atoms with Gasteiger partial charge >= 0.3 is 13.8 Å². The monoisotopic (exact) mass is 1040 g/mol. The maximum atomic E-state index is 12.8. The molecule has 2 atom stereocenters. The molecule has 0 aliphatic heterocycles. The summed E-state index contributed by atoms with van der Waals surface area (Å²) < 4.78 is 35.3. The van der Waals surface area contributed by atoms with E-state index < -0.39 is 13.9 Å². The summed E-state index contributed by atoms with van der Waals surface area (Å²) in [5.41, 5.74) is 0. The second-order valence-electron chi connectivity index (χ2n) is 20.6. The minimum atomic E-state index is -4.30. The fraction of sp³-hybridized carbons (Fsp3) is 0.703. The lowest BCUT2D eigenvalue weighted by molar-refractivity contribution is -0.870. The van der Waals surface area contributed by atoms with Crippen molar-refractivity contribution in [2.75, 3.05) is 54.1 Å². The summed E-state index contributed by atoms with van der Waals surface area (Å²) >= 11 is 0. The highest BCUT2D eigenvalue weighted by Gasteiger charge is 2.26. The lowest BCUT2D eigenvalue weighted by Crippen LogP contribution is -2.37. The van der Waals surface area contributed by atoms with Crippen LogP contribution in [0.4, 0.5) is 0 Å². The molecule has 2 unspecified atom stereocenters. The molecule has 1 N–H and O–H groups in total. The molecular weight excluding hydrogens is 926 g/mol. The van der Waals surface area contributed by atoms with Crippen molar-refractivity contribution in [3.8, 4) is 0 Å². The van der Waals surface area contributed by atoms with Crippen LogP contribution in [0.5, 0.6) is 0 Å². The molecular formula is C64H113NO7P+. The van der Waals surface area contributed by atoms with E-state index in [1.54, 1.807) is 0 Å². The maximum absolute atomic E-state index is 12.8. The Morgan fingerprint density at radius 2 is 0.795 bits per heavy atom. The molecule has 420 valence electrons. The van der Waals surface area contributed by atoms with Crippen LogP contribution in [0.15, 0.2) is 109 Å². The molecule has 0 heterocycles. The van der Waals surface area contributed by atoms with Crippen LogP contribution in [0.25, 0.3) is 0 Å². The van der Waals surface area contributed by atoms with Gasteiger partial charge in [-0.25, -0.2) is 4.57 Å². The third-order valence-electron chi connectivity index (χ3n) is 12.3. The van der Waals surface area contributed by atoms with Gasteiger partial charge in [0.1, 0.15) is 19.3 Å². The quantitative estimate of drug-likeness (QED) is 0.0213. The zero-order chi connectivity index (χ0) is 53.3. The highest BCUT2D eigenvalue weighted by molar-refractivity contribution is 7.47. The van der Waals surface area contributed by atoms with Crippen LogP contribution in [0.2, 0.25) is 0 Å². The third kappa shape index (κ3) is 59.9. The maximum Gasteiger partial charge on any atom is 0.472 e. The number of esters is 1. The second kappa shape index (κ2) is 55.4. The Balaban J connectivity index is 4.14. The van der Waals surface area contributed by atoms with Crippen molar-refractivity contribution < 1.29 is 37.3 Å². The molecule has 0 spiro atoms. The molecule has 0 amide bonds. The van der Waals surface area contributed by atoms with Crippen molar-refractivity contribution in [3.63, 3.8) is 0 Å². The minimum Gasteiger partial charge on any atom is -0.457 e. The zero-order valence-electron chi connectivity index (χ0n) is 47.8. The minimum absolute atomic E-state index is 0.0795. The van der Waals surface area contributed by atoms with Crippen LogP contribution >= 0.6 is 7.82 Å². The first kappa shape index (κ1) is 70.2. The van der Waals surface area contributed by atoms with Crippen LogP contribution < -0.4 is 0 Å². The van der Waals surface area contributed by atoms with E-state index in [1.807, 2.05) is 21.1 Å². The molecule has 9 heteroatoms. The summed E-state index contributed by atoms with van der Waals surface area (Å²) in [7, 11) is 1.64. The highest BCUT2D eigenvalue weighted by Crippen LogP contribution is 2.43.